The van der Waals surface area contributed by atoms with Crippen LogP contribution in [0.5, 0.6) is 0 Å². The van der Waals surface area contributed by atoms with Crippen molar-refractivity contribution in [3.63, 3.8) is 0 Å². The number of carbonyl (C=O) groups excluding carboxylic acids is 1. The number of nitrogens with zero attached hydrogens (tertiary/aromatic N) is 4. The zero-order chi connectivity index (χ0) is 19.4. The summed E-state index contributed by atoms with van der Waals surface area (Å²) < 4.78 is 3.88. The number of nitrogens with one attached hydrogen (secondary N) is 1. The maximum atomic E-state index is 12.7. The van der Waals surface area contributed by atoms with Gasteiger partial charge in [0.25, 0.3) is 0 Å². The maximum Gasteiger partial charge on any atom is 0.242 e. The summed E-state index contributed by atoms with van der Waals surface area (Å²) in [6.07, 6.45) is 4.57. The number of benzene rings is 1. The first-order valence-electron chi connectivity index (χ1n) is 9.28. The van der Waals surface area contributed by atoms with Gasteiger partial charge in [-0.05, 0) is 45.2 Å². The van der Waals surface area contributed by atoms with Crippen LogP contribution in [0.2, 0.25) is 0 Å². The topological polar surface area (TPSA) is 64.7 Å². The van der Waals surface area contributed by atoms with Crippen molar-refractivity contribution in [1.29, 1.82) is 0 Å². The average Bonchev–Trinajstić information content (AvgIpc) is 3.18. The second-order valence-corrected chi connectivity index (χ2v) is 6.94. The van der Waals surface area contributed by atoms with Crippen LogP contribution in [-0.2, 0) is 17.9 Å². The summed E-state index contributed by atoms with van der Waals surface area (Å²) in [6, 6.07) is 10.0. The maximum absolute atomic E-state index is 12.7. The molecule has 0 aliphatic heterocycles. The van der Waals surface area contributed by atoms with E-state index in [1.165, 1.54) is 0 Å². The van der Waals surface area contributed by atoms with Crippen molar-refractivity contribution < 1.29 is 4.79 Å². The molecule has 0 saturated carbocycles. The third-order valence-electron chi connectivity index (χ3n) is 5.16. The summed E-state index contributed by atoms with van der Waals surface area (Å²) >= 11 is 0. The van der Waals surface area contributed by atoms with Gasteiger partial charge in [0.05, 0.1) is 11.7 Å². The molecule has 3 rings (SSSR count). The molecule has 2 heterocycles. The molecule has 0 unspecified atom stereocenters. The van der Waals surface area contributed by atoms with E-state index in [0.29, 0.717) is 0 Å². The number of carbonyl (C=O) groups is 1. The SMILES string of the molecule is Cc1nn(CC(=O)N[C@H](CCn2ccnc2C)c2ccccc2)c(C)c1C. The van der Waals surface area contributed by atoms with Gasteiger partial charge in [-0.1, -0.05) is 30.3 Å². The molecule has 0 spiro atoms. The molecule has 0 bridgehead atoms. The Morgan fingerprint density at radius 1 is 1.15 bits per heavy atom. The lowest BCUT2D eigenvalue weighted by molar-refractivity contribution is -0.122. The number of amides is 1. The van der Waals surface area contributed by atoms with Gasteiger partial charge in [-0.15, -0.1) is 0 Å². The summed E-state index contributed by atoms with van der Waals surface area (Å²) in [5, 5.41) is 7.66. The molecule has 2 aromatic heterocycles. The third-order valence-corrected chi connectivity index (χ3v) is 5.16. The number of rotatable bonds is 7. The highest BCUT2D eigenvalue weighted by Crippen LogP contribution is 2.18. The fourth-order valence-electron chi connectivity index (χ4n) is 3.23. The van der Waals surface area contributed by atoms with E-state index in [-0.39, 0.29) is 18.5 Å². The Labute approximate surface area is 160 Å². The van der Waals surface area contributed by atoms with Crippen LogP contribution in [0.4, 0.5) is 0 Å². The number of aromatic nitrogens is 4. The van der Waals surface area contributed by atoms with E-state index in [9.17, 15) is 4.79 Å². The highest BCUT2D eigenvalue weighted by atomic mass is 16.2. The molecule has 3 aromatic rings. The predicted octanol–water partition coefficient (Wildman–Crippen LogP) is 3.26. The van der Waals surface area contributed by atoms with Gasteiger partial charge < -0.3 is 9.88 Å². The normalized spacial score (nSPS) is 12.1. The van der Waals surface area contributed by atoms with Gasteiger partial charge >= 0.3 is 0 Å². The van der Waals surface area contributed by atoms with E-state index in [1.807, 2.05) is 52.1 Å². The number of hydrogen-bond donors (Lipinski definition) is 1. The van der Waals surface area contributed by atoms with E-state index in [1.54, 1.807) is 10.9 Å². The summed E-state index contributed by atoms with van der Waals surface area (Å²) in [5.41, 5.74) is 4.25. The van der Waals surface area contributed by atoms with Gasteiger partial charge in [0.1, 0.15) is 12.4 Å². The Kier molecular flexibility index (Phi) is 5.74. The second kappa shape index (κ2) is 8.20. The van der Waals surface area contributed by atoms with E-state index in [4.69, 9.17) is 0 Å². The van der Waals surface area contributed by atoms with Crippen LogP contribution in [-0.4, -0.2) is 25.2 Å². The molecule has 0 aliphatic carbocycles. The van der Waals surface area contributed by atoms with Crippen LogP contribution in [0.1, 0.15) is 40.8 Å². The minimum Gasteiger partial charge on any atom is -0.348 e. The molecular weight excluding hydrogens is 338 g/mol. The van der Waals surface area contributed by atoms with Crippen molar-refractivity contribution in [2.45, 2.75) is 53.2 Å². The van der Waals surface area contributed by atoms with Gasteiger partial charge in [-0.25, -0.2) is 4.98 Å². The zero-order valence-corrected chi connectivity index (χ0v) is 16.4. The van der Waals surface area contributed by atoms with Crippen LogP contribution in [0.25, 0.3) is 0 Å². The fraction of sp³-hybridized carbons (Fsp3) is 0.381. The standard InChI is InChI=1S/C21H27N5O/c1-15-16(2)24-26(17(15)3)14-21(27)23-20(19-8-6-5-7-9-19)10-12-25-13-11-22-18(25)4/h5-9,11,13,20H,10,12,14H2,1-4H3,(H,23,27)/t20-/m1/s1. The van der Waals surface area contributed by atoms with Crippen molar-refractivity contribution in [3.8, 4) is 0 Å². The number of imidazole rings is 1. The van der Waals surface area contributed by atoms with Crippen LogP contribution in [0, 0.1) is 27.7 Å². The Morgan fingerprint density at radius 2 is 1.89 bits per heavy atom. The molecule has 0 fully saturated rings. The molecule has 1 amide bonds. The van der Waals surface area contributed by atoms with Crippen molar-refractivity contribution in [1.82, 2.24) is 24.6 Å². The predicted molar refractivity (Wildman–Crippen MR) is 105 cm³/mol. The molecule has 6 heteroatoms. The Bertz CT molecular complexity index is 910. The average molecular weight is 365 g/mol. The molecular formula is C21H27N5O. The third kappa shape index (κ3) is 4.45. The van der Waals surface area contributed by atoms with E-state index in [2.05, 4.69) is 32.1 Å². The van der Waals surface area contributed by atoms with Crippen molar-refractivity contribution in [2.24, 2.45) is 0 Å². The van der Waals surface area contributed by atoms with Gasteiger partial charge in [-0.3, -0.25) is 9.48 Å². The van der Waals surface area contributed by atoms with Gasteiger partial charge in [0.2, 0.25) is 5.91 Å². The highest BCUT2D eigenvalue weighted by molar-refractivity contribution is 5.76. The van der Waals surface area contributed by atoms with Crippen molar-refractivity contribution in [3.05, 3.63) is 71.1 Å². The molecule has 6 nitrogen and oxygen atoms in total. The first-order chi connectivity index (χ1) is 13.0. The molecule has 1 N–H and O–H groups in total. The molecule has 27 heavy (non-hydrogen) atoms. The summed E-state index contributed by atoms with van der Waals surface area (Å²) in [7, 11) is 0. The van der Waals surface area contributed by atoms with E-state index < -0.39 is 0 Å². The largest absolute Gasteiger partial charge is 0.348 e. The van der Waals surface area contributed by atoms with Crippen LogP contribution in [0.15, 0.2) is 42.7 Å². The van der Waals surface area contributed by atoms with Crippen LogP contribution in [0.3, 0.4) is 0 Å². The van der Waals surface area contributed by atoms with Crippen molar-refractivity contribution in [2.75, 3.05) is 0 Å². The smallest absolute Gasteiger partial charge is 0.242 e. The minimum absolute atomic E-state index is 0.0307. The Balaban J connectivity index is 1.71. The summed E-state index contributed by atoms with van der Waals surface area (Å²) in [6.45, 7) is 9.02. The molecule has 0 aliphatic rings. The zero-order valence-electron chi connectivity index (χ0n) is 16.4. The number of hydrogen-bond acceptors (Lipinski definition) is 3. The highest BCUT2D eigenvalue weighted by Gasteiger charge is 2.17. The minimum atomic E-state index is -0.0569. The van der Waals surface area contributed by atoms with Gasteiger partial charge in [0, 0.05) is 24.6 Å². The lowest BCUT2D eigenvalue weighted by Crippen LogP contribution is -2.32. The van der Waals surface area contributed by atoms with E-state index >= 15 is 0 Å². The molecule has 1 atom stereocenters. The molecule has 0 radical (unpaired) electrons. The fourth-order valence-corrected chi connectivity index (χ4v) is 3.23. The molecule has 0 saturated heterocycles. The lowest BCUT2D eigenvalue weighted by Gasteiger charge is -2.20. The molecule has 142 valence electrons. The summed E-state index contributed by atoms with van der Waals surface area (Å²) in [5.74, 6) is 0.947. The Morgan fingerprint density at radius 3 is 2.48 bits per heavy atom. The monoisotopic (exact) mass is 365 g/mol. The van der Waals surface area contributed by atoms with Crippen LogP contribution >= 0.6 is 0 Å². The number of aryl methyl sites for hydroxylation is 3. The molecule has 1 aromatic carbocycles. The summed E-state index contributed by atoms with van der Waals surface area (Å²) in [4.78, 5) is 17.0. The van der Waals surface area contributed by atoms with Crippen LogP contribution < -0.4 is 5.32 Å². The van der Waals surface area contributed by atoms with Crippen molar-refractivity contribution >= 4 is 5.91 Å². The lowest BCUT2D eigenvalue weighted by atomic mass is 10.0. The van der Waals surface area contributed by atoms with E-state index in [0.717, 1.165) is 41.3 Å². The Hall–Kier alpha value is -2.89. The van der Waals surface area contributed by atoms with Gasteiger partial charge in [-0.2, -0.15) is 5.10 Å². The first-order valence-corrected chi connectivity index (χ1v) is 9.28. The quantitative estimate of drug-likeness (QED) is 0.699. The van der Waals surface area contributed by atoms with Gasteiger partial charge in [0.15, 0.2) is 0 Å². The first kappa shape index (κ1) is 18.9. The second-order valence-electron chi connectivity index (χ2n) is 6.94.